The van der Waals surface area contributed by atoms with Gasteiger partial charge in [0.25, 0.3) is 0 Å². The molecule has 0 fully saturated rings. The van der Waals surface area contributed by atoms with Gasteiger partial charge in [0.1, 0.15) is 0 Å². The van der Waals surface area contributed by atoms with Crippen molar-refractivity contribution < 1.29 is 9.22 Å². The standard InChI is InChI=1S/C26H43NO2Si/c1-21-13-9-8-10-14-23(3)20-27-26(28)16-12-11-15-24(4)25(29-30(5,6)7)18-17-22(2)19-21/h8-9,11-13,15-17,23-25H,10,14,18-20H2,1-7H3,(H,27,28)/b9-8+,15-11+,16-12+,21-13+,22-17+/t23-,24-,25-/m0/s1. The van der Waals surface area contributed by atoms with E-state index < -0.39 is 8.32 Å². The minimum absolute atomic E-state index is 0.0314. The molecule has 1 heterocycles. The van der Waals surface area contributed by atoms with E-state index in [0.717, 1.165) is 25.7 Å². The first-order valence-corrected chi connectivity index (χ1v) is 14.8. The van der Waals surface area contributed by atoms with Crippen LogP contribution < -0.4 is 5.32 Å². The highest BCUT2D eigenvalue weighted by Gasteiger charge is 2.23. The third-order valence-corrected chi connectivity index (χ3v) is 6.10. The molecule has 0 radical (unpaired) electrons. The number of allylic oxidation sites excluding steroid dienone is 7. The van der Waals surface area contributed by atoms with E-state index in [1.807, 2.05) is 12.2 Å². The molecule has 0 unspecified atom stereocenters. The van der Waals surface area contributed by atoms with E-state index in [1.54, 1.807) is 6.08 Å². The van der Waals surface area contributed by atoms with Crippen LogP contribution in [0.1, 0.15) is 53.4 Å². The molecule has 1 rings (SSSR count). The van der Waals surface area contributed by atoms with Crippen molar-refractivity contribution in [3.05, 3.63) is 59.8 Å². The van der Waals surface area contributed by atoms with Gasteiger partial charge in [0, 0.05) is 12.6 Å². The second-order valence-electron chi connectivity index (χ2n) is 9.70. The molecule has 0 saturated carbocycles. The number of nitrogens with one attached hydrogen (secondary N) is 1. The van der Waals surface area contributed by atoms with Gasteiger partial charge in [0.2, 0.25) is 5.91 Å². The molecule has 4 heteroatoms. The fourth-order valence-corrected chi connectivity index (χ4v) is 4.58. The zero-order valence-electron chi connectivity index (χ0n) is 20.2. The molecule has 3 nitrogen and oxygen atoms in total. The van der Waals surface area contributed by atoms with Crippen LogP contribution in [0, 0.1) is 11.8 Å². The van der Waals surface area contributed by atoms with Crippen LogP contribution in [0.3, 0.4) is 0 Å². The lowest BCUT2D eigenvalue weighted by Gasteiger charge is -2.29. The first-order valence-electron chi connectivity index (χ1n) is 11.3. The van der Waals surface area contributed by atoms with Gasteiger partial charge in [-0.25, -0.2) is 0 Å². The van der Waals surface area contributed by atoms with Gasteiger partial charge in [-0.15, -0.1) is 0 Å². The van der Waals surface area contributed by atoms with E-state index in [0.29, 0.717) is 12.5 Å². The molecule has 1 amide bonds. The van der Waals surface area contributed by atoms with Crippen molar-refractivity contribution in [2.75, 3.05) is 6.54 Å². The Balaban J connectivity index is 3.00. The zero-order chi connectivity index (χ0) is 22.6. The number of carbonyl (C=O) groups excluding carboxylic acids is 1. The summed E-state index contributed by atoms with van der Waals surface area (Å²) in [5.74, 6) is 0.706. The molecule has 0 saturated heterocycles. The van der Waals surface area contributed by atoms with Crippen molar-refractivity contribution in [1.29, 1.82) is 0 Å². The van der Waals surface area contributed by atoms with Gasteiger partial charge in [-0.05, 0) is 71.0 Å². The van der Waals surface area contributed by atoms with Crippen LogP contribution in [0.5, 0.6) is 0 Å². The Bertz CT molecular complexity index is 680. The molecule has 1 aliphatic rings. The van der Waals surface area contributed by atoms with E-state index in [2.05, 4.69) is 83.0 Å². The maximum atomic E-state index is 12.0. The zero-order valence-corrected chi connectivity index (χ0v) is 21.2. The van der Waals surface area contributed by atoms with Crippen LogP contribution in [0.15, 0.2) is 59.8 Å². The van der Waals surface area contributed by atoms with Crippen LogP contribution in [0.25, 0.3) is 0 Å². The van der Waals surface area contributed by atoms with E-state index in [4.69, 9.17) is 4.43 Å². The quantitative estimate of drug-likeness (QED) is 0.390. The number of rotatable bonds is 2. The maximum absolute atomic E-state index is 12.0. The molecule has 1 N–H and O–H groups in total. The minimum Gasteiger partial charge on any atom is -0.414 e. The van der Waals surface area contributed by atoms with Gasteiger partial charge in [0.15, 0.2) is 8.32 Å². The highest BCUT2D eigenvalue weighted by atomic mass is 28.4. The normalized spacial score (nSPS) is 32.6. The molecule has 1 aliphatic heterocycles. The summed E-state index contributed by atoms with van der Waals surface area (Å²) in [6.07, 6.45) is 20.7. The fraction of sp³-hybridized carbons (Fsp3) is 0.577. The highest BCUT2D eigenvalue weighted by molar-refractivity contribution is 6.69. The van der Waals surface area contributed by atoms with Gasteiger partial charge in [-0.1, -0.05) is 67.5 Å². The van der Waals surface area contributed by atoms with Gasteiger partial charge in [-0.2, -0.15) is 0 Å². The maximum Gasteiger partial charge on any atom is 0.243 e. The van der Waals surface area contributed by atoms with Gasteiger partial charge in [-0.3, -0.25) is 4.79 Å². The van der Waals surface area contributed by atoms with E-state index in [1.165, 1.54) is 11.1 Å². The van der Waals surface area contributed by atoms with Crippen molar-refractivity contribution in [3.8, 4) is 0 Å². The van der Waals surface area contributed by atoms with Crippen LogP contribution >= 0.6 is 0 Å². The topological polar surface area (TPSA) is 38.3 Å². The summed E-state index contributed by atoms with van der Waals surface area (Å²) in [6.45, 7) is 16.2. The molecule has 3 atom stereocenters. The lowest BCUT2D eigenvalue weighted by Crippen LogP contribution is -2.34. The van der Waals surface area contributed by atoms with Crippen LogP contribution in [-0.2, 0) is 9.22 Å². The van der Waals surface area contributed by atoms with Crippen molar-refractivity contribution in [2.45, 2.75) is 79.1 Å². The lowest BCUT2D eigenvalue weighted by molar-refractivity contribution is -0.116. The second-order valence-corrected chi connectivity index (χ2v) is 14.2. The average Bonchev–Trinajstić information content (AvgIpc) is 2.64. The SMILES string of the molecule is C/C1=C\C=C\CC[C@H](C)CNC(=O)/C=C/C=C/[C@H](C)[C@@H](O[Si](C)(C)C)C/C=C(\C)C1. The van der Waals surface area contributed by atoms with Crippen LogP contribution in [-0.4, -0.2) is 26.9 Å². The van der Waals surface area contributed by atoms with Gasteiger partial charge < -0.3 is 9.74 Å². The molecular weight excluding hydrogens is 386 g/mol. The summed E-state index contributed by atoms with van der Waals surface area (Å²) >= 11 is 0. The van der Waals surface area contributed by atoms with Crippen molar-refractivity contribution in [2.24, 2.45) is 11.8 Å². The van der Waals surface area contributed by atoms with Gasteiger partial charge >= 0.3 is 0 Å². The predicted molar refractivity (Wildman–Crippen MR) is 133 cm³/mol. The first-order chi connectivity index (χ1) is 14.1. The Hall–Kier alpha value is -1.65. The monoisotopic (exact) mass is 429 g/mol. The summed E-state index contributed by atoms with van der Waals surface area (Å²) in [5, 5.41) is 3.00. The average molecular weight is 430 g/mol. The Labute approximate surface area is 186 Å². The van der Waals surface area contributed by atoms with Crippen molar-refractivity contribution >= 4 is 14.2 Å². The summed E-state index contributed by atoms with van der Waals surface area (Å²) in [7, 11) is -1.65. The van der Waals surface area contributed by atoms with E-state index >= 15 is 0 Å². The molecule has 0 aromatic carbocycles. The molecular formula is C26H43NO2Si. The molecule has 0 aliphatic carbocycles. The van der Waals surface area contributed by atoms with Gasteiger partial charge in [0.05, 0.1) is 6.10 Å². The summed E-state index contributed by atoms with van der Waals surface area (Å²) in [5.41, 5.74) is 2.76. The third-order valence-electron chi connectivity index (χ3n) is 5.09. The molecule has 0 spiro atoms. The smallest absolute Gasteiger partial charge is 0.243 e. The molecule has 0 aromatic rings. The Morgan fingerprint density at radius 2 is 1.80 bits per heavy atom. The minimum atomic E-state index is -1.65. The second kappa shape index (κ2) is 13.6. The number of hydrogen-bond donors (Lipinski definition) is 1. The largest absolute Gasteiger partial charge is 0.414 e. The van der Waals surface area contributed by atoms with Crippen molar-refractivity contribution in [3.63, 3.8) is 0 Å². The molecule has 0 bridgehead atoms. The van der Waals surface area contributed by atoms with Crippen molar-refractivity contribution in [1.82, 2.24) is 5.32 Å². The van der Waals surface area contributed by atoms with E-state index in [9.17, 15) is 4.79 Å². The predicted octanol–water partition coefficient (Wildman–Crippen LogP) is 6.73. The number of amides is 1. The van der Waals surface area contributed by atoms with Crippen LogP contribution in [0.4, 0.5) is 0 Å². The molecule has 0 aromatic heterocycles. The summed E-state index contributed by atoms with van der Waals surface area (Å²) in [6, 6.07) is 0. The molecule has 168 valence electrons. The fourth-order valence-electron chi connectivity index (χ4n) is 3.36. The Morgan fingerprint density at radius 3 is 2.50 bits per heavy atom. The Morgan fingerprint density at radius 1 is 1.07 bits per heavy atom. The molecule has 30 heavy (non-hydrogen) atoms. The Kier molecular flexibility index (Phi) is 12.0. The summed E-state index contributed by atoms with van der Waals surface area (Å²) in [4.78, 5) is 12.0. The third kappa shape index (κ3) is 12.8. The number of carbonyl (C=O) groups is 1. The number of hydrogen-bond acceptors (Lipinski definition) is 2. The van der Waals surface area contributed by atoms with Crippen LogP contribution in [0.2, 0.25) is 19.6 Å². The lowest BCUT2D eigenvalue weighted by atomic mass is 9.98. The van der Waals surface area contributed by atoms with E-state index in [-0.39, 0.29) is 17.9 Å². The summed E-state index contributed by atoms with van der Waals surface area (Å²) < 4.78 is 6.48. The highest BCUT2D eigenvalue weighted by Crippen LogP contribution is 2.21. The first kappa shape index (κ1) is 26.4.